The van der Waals surface area contributed by atoms with Gasteiger partial charge in [0, 0.05) is 23.5 Å². The summed E-state index contributed by atoms with van der Waals surface area (Å²) in [6.45, 7) is 3.16. The molecule has 3 nitrogen and oxygen atoms in total. The van der Waals surface area contributed by atoms with Gasteiger partial charge in [-0.1, -0.05) is 11.6 Å². The van der Waals surface area contributed by atoms with Crippen LogP contribution in [0.15, 0.2) is 22.6 Å². The molecule has 17 heavy (non-hydrogen) atoms. The van der Waals surface area contributed by atoms with E-state index in [1.165, 1.54) is 6.42 Å². The van der Waals surface area contributed by atoms with Crippen LogP contribution in [0.1, 0.15) is 31.6 Å². The van der Waals surface area contributed by atoms with Gasteiger partial charge in [-0.2, -0.15) is 0 Å². The minimum Gasteiger partial charge on any atom is -0.440 e. The number of fused-ring (bicyclic) bond motifs is 1. The number of nitrogens with one attached hydrogen (secondary N) is 1. The van der Waals surface area contributed by atoms with Crippen LogP contribution in [0.3, 0.4) is 0 Å². The Morgan fingerprint density at radius 3 is 3.06 bits per heavy atom. The van der Waals surface area contributed by atoms with E-state index in [1.807, 2.05) is 18.2 Å². The second-order valence-corrected chi connectivity index (χ2v) is 5.18. The number of aromatic nitrogens is 1. The average molecular weight is 251 g/mol. The van der Waals surface area contributed by atoms with Crippen LogP contribution in [0, 0.1) is 0 Å². The molecule has 1 saturated heterocycles. The summed E-state index contributed by atoms with van der Waals surface area (Å²) >= 11 is 5.94. The number of hydrogen-bond donors (Lipinski definition) is 1. The van der Waals surface area contributed by atoms with Crippen LogP contribution in [0.5, 0.6) is 0 Å². The lowest BCUT2D eigenvalue weighted by atomic mass is 9.95. The van der Waals surface area contributed by atoms with Crippen molar-refractivity contribution in [3.05, 3.63) is 29.1 Å². The van der Waals surface area contributed by atoms with Gasteiger partial charge in [-0.25, -0.2) is 4.98 Å². The van der Waals surface area contributed by atoms with Crippen LogP contribution in [-0.4, -0.2) is 17.6 Å². The monoisotopic (exact) mass is 250 g/mol. The molecule has 4 heteroatoms. The molecule has 90 valence electrons. The van der Waals surface area contributed by atoms with Gasteiger partial charge in [0.2, 0.25) is 0 Å². The Hall–Kier alpha value is -1.06. The van der Waals surface area contributed by atoms with E-state index in [-0.39, 0.29) is 0 Å². The van der Waals surface area contributed by atoms with Crippen LogP contribution in [0.25, 0.3) is 11.1 Å². The van der Waals surface area contributed by atoms with Crippen molar-refractivity contribution in [2.75, 3.05) is 6.54 Å². The maximum atomic E-state index is 5.94. The lowest BCUT2D eigenvalue weighted by Gasteiger charge is -2.25. The predicted molar refractivity (Wildman–Crippen MR) is 68.5 cm³/mol. The highest BCUT2D eigenvalue weighted by Gasteiger charge is 2.23. The molecule has 0 amide bonds. The average Bonchev–Trinajstić information content (AvgIpc) is 2.72. The van der Waals surface area contributed by atoms with Crippen LogP contribution in [-0.2, 0) is 0 Å². The van der Waals surface area contributed by atoms with Crippen molar-refractivity contribution in [2.45, 2.75) is 31.7 Å². The molecular formula is C13H15ClN2O. The Balaban J connectivity index is 1.90. The molecule has 1 aromatic heterocycles. The van der Waals surface area contributed by atoms with E-state index in [9.17, 15) is 0 Å². The van der Waals surface area contributed by atoms with E-state index in [0.717, 1.165) is 30.0 Å². The fourth-order valence-corrected chi connectivity index (χ4v) is 2.47. The van der Waals surface area contributed by atoms with Crippen molar-refractivity contribution in [3.63, 3.8) is 0 Å². The number of piperidine rings is 1. The molecular weight excluding hydrogens is 236 g/mol. The summed E-state index contributed by atoms with van der Waals surface area (Å²) in [7, 11) is 0. The lowest BCUT2D eigenvalue weighted by Crippen LogP contribution is -2.35. The summed E-state index contributed by atoms with van der Waals surface area (Å²) in [4.78, 5) is 4.53. The van der Waals surface area contributed by atoms with Gasteiger partial charge < -0.3 is 9.73 Å². The molecule has 1 N–H and O–H groups in total. The van der Waals surface area contributed by atoms with Gasteiger partial charge in [-0.15, -0.1) is 0 Å². The van der Waals surface area contributed by atoms with Crippen LogP contribution in [0.2, 0.25) is 5.02 Å². The minimum atomic E-state index is 0.386. The molecule has 0 spiro atoms. The molecule has 0 saturated carbocycles. The molecule has 2 aromatic rings. The molecule has 0 radical (unpaired) electrons. The first-order chi connectivity index (χ1) is 8.22. The third-order valence-corrected chi connectivity index (χ3v) is 3.61. The van der Waals surface area contributed by atoms with E-state index >= 15 is 0 Å². The van der Waals surface area contributed by atoms with Gasteiger partial charge >= 0.3 is 0 Å². The SMILES string of the molecule is C[C@@H]1CCC(c2nc3cc(Cl)ccc3o2)CN1. The van der Waals surface area contributed by atoms with Crippen LogP contribution >= 0.6 is 11.6 Å². The second-order valence-electron chi connectivity index (χ2n) is 4.75. The summed E-state index contributed by atoms with van der Waals surface area (Å²) in [5.74, 6) is 1.22. The summed E-state index contributed by atoms with van der Waals surface area (Å²) in [6, 6.07) is 6.17. The highest BCUT2D eigenvalue weighted by atomic mass is 35.5. The fraction of sp³-hybridized carbons (Fsp3) is 0.462. The van der Waals surface area contributed by atoms with E-state index in [4.69, 9.17) is 16.0 Å². The Kier molecular flexibility index (Phi) is 2.81. The van der Waals surface area contributed by atoms with Crippen LogP contribution in [0.4, 0.5) is 0 Å². The summed E-state index contributed by atoms with van der Waals surface area (Å²) in [6.07, 6.45) is 2.30. The number of benzene rings is 1. The number of oxazole rings is 1. The Bertz CT molecular complexity index is 529. The number of rotatable bonds is 1. The van der Waals surface area contributed by atoms with Crippen molar-refractivity contribution in [3.8, 4) is 0 Å². The van der Waals surface area contributed by atoms with Crippen LogP contribution < -0.4 is 5.32 Å². The Morgan fingerprint density at radius 2 is 2.29 bits per heavy atom. The lowest BCUT2D eigenvalue weighted by molar-refractivity contribution is 0.342. The first kappa shape index (κ1) is 11.1. The molecule has 0 bridgehead atoms. The molecule has 1 fully saturated rings. The number of hydrogen-bond acceptors (Lipinski definition) is 3. The van der Waals surface area contributed by atoms with Gasteiger partial charge in [-0.05, 0) is 38.0 Å². The number of nitrogens with zero attached hydrogens (tertiary/aromatic N) is 1. The normalized spacial score (nSPS) is 25.3. The van der Waals surface area contributed by atoms with E-state index in [1.54, 1.807) is 0 Å². The van der Waals surface area contributed by atoms with Crippen molar-refractivity contribution in [1.82, 2.24) is 10.3 Å². The maximum absolute atomic E-state index is 5.94. The molecule has 3 rings (SSSR count). The summed E-state index contributed by atoms with van der Waals surface area (Å²) in [5, 5.41) is 4.16. The second kappa shape index (κ2) is 4.31. The molecule has 2 atom stereocenters. The molecule has 1 aliphatic heterocycles. The zero-order valence-electron chi connectivity index (χ0n) is 9.74. The van der Waals surface area contributed by atoms with Gasteiger partial charge in [0.25, 0.3) is 0 Å². The zero-order valence-corrected chi connectivity index (χ0v) is 10.5. The quantitative estimate of drug-likeness (QED) is 0.844. The summed E-state index contributed by atoms with van der Waals surface area (Å²) in [5.41, 5.74) is 1.68. The highest BCUT2D eigenvalue weighted by Crippen LogP contribution is 2.28. The smallest absolute Gasteiger partial charge is 0.199 e. The first-order valence-corrected chi connectivity index (χ1v) is 6.39. The molecule has 2 heterocycles. The third-order valence-electron chi connectivity index (χ3n) is 3.38. The van der Waals surface area contributed by atoms with E-state index < -0.39 is 0 Å². The van der Waals surface area contributed by atoms with Crippen molar-refractivity contribution < 1.29 is 4.42 Å². The van der Waals surface area contributed by atoms with Gasteiger partial charge in [0.05, 0.1) is 0 Å². The number of halogens is 1. The molecule has 1 aliphatic rings. The highest BCUT2D eigenvalue weighted by molar-refractivity contribution is 6.31. The Morgan fingerprint density at radius 1 is 1.41 bits per heavy atom. The van der Waals surface area contributed by atoms with E-state index in [0.29, 0.717) is 17.0 Å². The largest absolute Gasteiger partial charge is 0.440 e. The van der Waals surface area contributed by atoms with Gasteiger partial charge in [-0.3, -0.25) is 0 Å². The minimum absolute atomic E-state index is 0.386. The van der Waals surface area contributed by atoms with Crippen molar-refractivity contribution in [1.29, 1.82) is 0 Å². The first-order valence-electron chi connectivity index (χ1n) is 6.02. The van der Waals surface area contributed by atoms with E-state index in [2.05, 4.69) is 17.2 Å². The Labute approximate surface area is 105 Å². The standard InChI is InChI=1S/C13H15ClN2O/c1-8-2-3-9(7-15-8)13-16-11-6-10(14)4-5-12(11)17-13/h4-6,8-9,15H,2-3,7H2,1H3/t8-,9?/m1/s1. The fourth-order valence-electron chi connectivity index (χ4n) is 2.30. The maximum Gasteiger partial charge on any atom is 0.199 e. The van der Waals surface area contributed by atoms with Crippen molar-refractivity contribution in [2.24, 2.45) is 0 Å². The van der Waals surface area contributed by atoms with Gasteiger partial charge in [0.15, 0.2) is 11.5 Å². The molecule has 1 aromatic carbocycles. The van der Waals surface area contributed by atoms with Crippen molar-refractivity contribution >= 4 is 22.7 Å². The zero-order chi connectivity index (χ0) is 11.8. The molecule has 0 aliphatic carbocycles. The predicted octanol–water partition coefficient (Wildman–Crippen LogP) is 3.34. The summed E-state index contributed by atoms with van der Waals surface area (Å²) < 4.78 is 5.79. The topological polar surface area (TPSA) is 38.1 Å². The van der Waals surface area contributed by atoms with Gasteiger partial charge in [0.1, 0.15) is 5.52 Å². The third kappa shape index (κ3) is 2.17. The molecule has 1 unspecified atom stereocenters.